The maximum absolute atomic E-state index is 11.0. The first-order valence-corrected chi connectivity index (χ1v) is 5.65. The van der Waals surface area contributed by atoms with Crippen LogP contribution in [0.5, 0.6) is 5.75 Å². The van der Waals surface area contributed by atoms with Crippen LogP contribution in [-0.2, 0) is 10.2 Å². The van der Waals surface area contributed by atoms with E-state index < -0.39 is 12.0 Å². The van der Waals surface area contributed by atoms with E-state index in [1.165, 1.54) is 0 Å². The van der Waals surface area contributed by atoms with Gasteiger partial charge in [-0.3, -0.25) is 4.79 Å². The zero-order valence-electron chi connectivity index (χ0n) is 10.1. The summed E-state index contributed by atoms with van der Waals surface area (Å²) in [6.45, 7) is 1.95. The molecule has 0 bridgehead atoms. The van der Waals surface area contributed by atoms with Gasteiger partial charge < -0.3 is 15.6 Å². The van der Waals surface area contributed by atoms with Crippen molar-refractivity contribution in [1.82, 2.24) is 0 Å². The minimum Gasteiger partial charge on any atom is -0.496 e. The summed E-state index contributed by atoms with van der Waals surface area (Å²) in [5.41, 5.74) is 7.42. The molecule has 0 aromatic heterocycles. The van der Waals surface area contributed by atoms with Gasteiger partial charge in [-0.05, 0) is 37.0 Å². The Kier molecular flexibility index (Phi) is 2.83. The van der Waals surface area contributed by atoms with Gasteiger partial charge in [-0.25, -0.2) is 0 Å². The molecular formula is C13H17NO3. The third-order valence-corrected chi connectivity index (χ3v) is 3.62. The number of rotatable bonds is 4. The Bertz CT molecular complexity index is 452. The van der Waals surface area contributed by atoms with E-state index in [9.17, 15) is 4.79 Å². The van der Waals surface area contributed by atoms with Crippen molar-refractivity contribution in [3.05, 3.63) is 29.3 Å². The number of carboxylic acid groups (broad SMARTS) is 1. The molecule has 3 N–H and O–H groups in total. The lowest BCUT2D eigenvalue weighted by Gasteiger charge is -2.21. The van der Waals surface area contributed by atoms with E-state index in [1.54, 1.807) is 7.11 Å². The Morgan fingerprint density at radius 2 is 2.18 bits per heavy atom. The van der Waals surface area contributed by atoms with E-state index in [0.29, 0.717) is 0 Å². The Hall–Kier alpha value is -1.55. The van der Waals surface area contributed by atoms with E-state index in [1.807, 2.05) is 25.1 Å². The Labute approximate surface area is 100 Å². The molecule has 4 nitrogen and oxygen atoms in total. The highest BCUT2D eigenvalue weighted by Gasteiger charge is 2.52. The van der Waals surface area contributed by atoms with Gasteiger partial charge in [-0.15, -0.1) is 0 Å². The van der Waals surface area contributed by atoms with Crippen molar-refractivity contribution < 1.29 is 14.6 Å². The van der Waals surface area contributed by atoms with Crippen LogP contribution in [-0.4, -0.2) is 24.2 Å². The molecule has 17 heavy (non-hydrogen) atoms. The second-order valence-corrected chi connectivity index (χ2v) is 4.66. The predicted molar refractivity (Wildman–Crippen MR) is 64.3 cm³/mol. The number of ether oxygens (including phenoxy) is 1. The normalized spacial score (nSPS) is 18.5. The lowest BCUT2D eigenvalue weighted by molar-refractivity contribution is -0.139. The minimum atomic E-state index is -0.934. The summed E-state index contributed by atoms with van der Waals surface area (Å²) in [6.07, 6.45) is 1.68. The van der Waals surface area contributed by atoms with Crippen molar-refractivity contribution in [1.29, 1.82) is 0 Å². The van der Waals surface area contributed by atoms with Crippen molar-refractivity contribution in [3.8, 4) is 5.75 Å². The topological polar surface area (TPSA) is 72.5 Å². The van der Waals surface area contributed by atoms with Crippen LogP contribution in [0.1, 0.15) is 24.0 Å². The van der Waals surface area contributed by atoms with Gasteiger partial charge in [0, 0.05) is 5.41 Å². The molecule has 4 heteroatoms. The Morgan fingerprint density at radius 1 is 1.53 bits per heavy atom. The highest BCUT2D eigenvalue weighted by atomic mass is 16.5. The summed E-state index contributed by atoms with van der Waals surface area (Å²) in [6, 6.07) is 4.95. The van der Waals surface area contributed by atoms with Gasteiger partial charge in [-0.2, -0.15) is 0 Å². The number of hydrogen-bond donors (Lipinski definition) is 2. The average Bonchev–Trinajstić information content (AvgIpc) is 3.09. The van der Waals surface area contributed by atoms with E-state index in [4.69, 9.17) is 15.6 Å². The molecule has 1 atom stereocenters. The lowest BCUT2D eigenvalue weighted by Crippen LogP contribution is -2.41. The molecule has 0 heterocycles. The van der Waals surface area contributed by atoms with Gasteiger partial charge in [0.25, 0.3) is 0 Å². The molecule has 1 aromatic rings. The summed E-state index contributed by atoms with van der Waals surface area (Å²) in [7, 11) is 1.62. The molecule has 1 fully saturated rings. The average molecular weight is 235 g/mol. The van der Waals surface area contributed by atoms with Crippen LogP contribution in [0.15, 0.2) is 18.2 Å². The maximum atomic E-state index is 11.0. The number of methoxy groups -OCH3 is 1. The Balaban J connectivity index is 2.35. The van der Waals surface area contributed by atoms with Crippen molar-refractivity contribution >= 4 is 5.97 Å². The summed E-state index contributed by atoms with van der Waals surface area (Å²) >= 11 is 0. The van der Waals surface area contributed by atoms with E-state index >= 15 is 0 Å². The molecule has 1 aromatic carbocycles. The third-order valence-electron chi connectivity index (χ3n) is 3.62. The SMILES string of the molecule is COc1ccc(C2(C(N)C(=O)O)CC2)cc1C. The first kappa shape index (κ1) is 11.9. The van der Waals surface area contributed by atoms with Gasteiger partial charge in [0.15, 0.2) is 0 Å². The molecule has 0 spiro atoms. The van der Waals surface area contributed by atoms with Gasteiger partial charge >= 0.3 is 5.97 Å². The highest BCUT2D eigenvalue weighted by molar-refractivity contribution is 5.77. The number of nitrogens with two attached hydrogens (primary N) is 1. The first-order valence-electron chi connectivity index (χ1n) is 5.65. The summed E-state index contributed by atoms with van der Waals surface area (Å²) in [5, 5.41) is 9.04. The second-order valence-electron chi connectivity index (χ2n) is 4.66. The van der Waals surface area contributed by atoms with Crippen LogP contribution in [0, 0.1) is 6.92 Å². The molecule has 2 rings (SSSR count). The molecule has 1 aliphatic carbocycles. The summed E-state index contributed by atoms with van der Waals surface area (Å²) < 4.78 is 5.19. The number of hydrogen-bond acceptors (Lipinski definition) is 3. The lowest BCUT2D eigenvalue weighted by atomic mass is 9.87. The van der Waals surface area contributed by atoms with Crippen LogP contribution in [0.4, 0.5) is 0 Å². The van der Waals surface area contributed by atoms with Crippen LogP contribution >= 0.6 is 0 Å². The van der Waals surface area contributed by atoms with Gasteiger partial charge in [0.1, 0.15) is 11.8 Å². The van der Waals surface area contributed by atoms with Crippen molar-refractivity contribution in [2.45, 2.75) is 31.2 Å². The standard InChI is InChI=1S/C13H17NO3/c1-8-7-9(3-4-10(8)17-2)13(5-6-13)11(14)12(15)16/h3-4,7,11H,5-6,14H2,1-2H3,(H,15,16). The molecule has 1 unspecified atom stereocenters. The van der Waals surface area contributed by atoms with Crippen molar-refractivity contribution in [3.63, 3.8) is 0 Å². The molecule has 0 amide bonds. The first-order chi connectivity index (χ1) is 8.01. The monoisotopic (exact) mass is 235 g/mol. The number of aliphatic carboxylic acids is 1. The van der Waals surface area contributed by atoms with Crippen molar-refractivity contribution in [2.75, 3.05) is 7.11 Å². The minimum absolute atomic E-state index is 0.372. The number of carboxylic acids is 1. The van der Waals surface area contributed by atoms with E-state index in [2.05, 4.69) is 0 Å². The molecule has 0 radical (unpaired) electrons. The Morgan fingerprint density at radius 3 is 2.59 bits per heavy atom. The molecule has 1 saturated carbocycles. The number of carbonyl (C=O) groups is 1. The van der Waals surface area contributed by atoms with Crippen molar-refractivity contribution in [2.24, 2.45) is 5.73 Å². The largest absolute Gasteiger partial charge is 0.496 e. The van der Waals surface area contributed by atoms with Gasteiger partial charge in [0.2, 0.25) is 0 Å². The molecule has 92 valence electrons. The fourth-order valence-corrected chi connectivity index (χ4v) is 2.34. The molecule has 0 aliphatic heterocycles. The smallest absolute Gasteiger partial charge is 0.321 e. The van der Waals surface area contributed by atoms with Gasteiger partial charge in [0.05, 0.1) is 7.11 Å². The zero-order valence-corrected chi connectivity index (χ0v) is 10.1. The zero-order chi connectivity index (χ0) is 12.6. The molecule has 0 saturated heterocycles. The third kappa shape index (κ3) is 1.89. The van der Waals surface area contributed by atoms with E-state index in [-0.39, 0.29) is 5.41 Å². The maximum Gasteiger partial charge on any atom is 0.321 e. The highest BCUT2D eigenvalue weighted by Crippen LogP contribution is 2.51. The van der Waals surface area contributed by atoms with Crippen LogP contribution in [0.3, 0.4) is 0 Å². The molecule has 1 aliphatic rings. The van der Waals surface area contributed by atoms with Crippen LogP contribution in [0.2, 0.25) is 0 Å². The quantitative estimate of drug-likeness (QED) is 0.828. The van der Waals surface area contributed by atoms with Gasteiger partial charge in [-0.1, -0.05) is 12.1 Å². The fraction of sp³-hybridized carbons (Fsp3) is 0.462. The summed E-state index contributed by atoms with van der Waals surface area (Å²) in [4.78, 5) is 11.0. The van der Waals surface area contributed by atoms with E-state index in [0.717, 1.165) is 29.7 Å². The fourth-order valence-electron chi connectivity index (χ4n) is 2.34. The predicted octanol–water partition coefficient (Wildman–Crippen LogP) is 1.45. The molecular weight excluding hydrogens is 218 g/mol. The number of aryl methyl sites for hydroxylation is 1. The van der Waals surface area contributed by atoms with Crippen LogP contribution in [0.25, 0.3) is 0 Å². The summed E-state index contributed by atoms with van der Waals surface area (Å²) in [5.74, 6) is -0.121. The second kappa shape index (κ2) is 4.04. The van der Waals surface area contributed by atoms with Crippen LogP contribution < -0.4 is 10.5 Å². The number of benzene rings is 1.